The van der Waals surface area contributed by atoms with E-state index in [0.29, 0.717) is 21.7 Å². The van der Waals surface area contributed by atoms with Crippen molar-refractivity contribution in [3.05, 3.63) is 95.8 Å². The molecule has 0 atom stereocenters. The molecule has 0 fully saturated rings. The first kappa shape index (κ1) is 22.3. The lowest BCUT2D eigenvalue weighted by Crippen LogP contribution is -2.29. The minimum Gasteiger partial charge on any atom is -0.343 e. The maximum atomic E-state index is 13.2. The molecule has 0 aliphatic rings. The summed E-state index contributed by atoms with van der Waals surface area (Å²) in [4.78, 5) is 26.2. The lowest BCUT2D eigenvalue weighted by molar-refractivity contribution is 0.102. The number of hydrogen-bond acceptors (Lipinski definition) is 2. The van der Waals surface area contributed by atoms with E-state index in [1.54, 1.807) is 6.92 Å². The number of aryl methyl sites for hydroxylation is 2. The van der Waals surface area contributed by atoms with Gasteiger partial charge < -0.3 is 9.88 Å². The number of anilines is 1. The van der Waals surface area contributed by atoms with Crippen molar-refractivity contribution < 1.29 is 4.79 Å². The Hall–Kier alpha value is -2.37. The maximum absolute atomic E-state index is 13.2. The molecule has 3 aromatic rings. The number of nitrogens with one attached hydrogen (secondary N) is 1. The van der Waals surface area contributed by atoms with Crippen LogP contribution in [0.4, 0.5) is 5.69 Å². The summed E-state index contributed by atoms with van der Waals surface area (Å²) in [7, 11) is 0. The van der Waals surface area contributed by atoms with Gasteiger partial charge in [0.2, 0.25) is 5.43 Å². The first-order valence-corrected chi connectivity index (χ1v) is 11.0. The highest BCUT2D eigenvalue weighted by atomic mass is 79.9. The molecule has 0 saturated heterocycles. The molecule has 0 saturated carbocycles. The molecule has 0 spiro atoms. The topological polar surface area (TPSA) is 51.1 Å². The first-order valence-electron chi connectivity index (χ1n) is 9.78. The smallest absolute Gasteiger partial charge is 0.261 e. The van der Waals surface area contributed by atoms with Crippen molar-refractivity contribution in [3.63, 3.8) is 0 Å². The van der Waals surface area contributed by atoms with Crippen LogP contribution in [0.2, 0.25) is 5.02 Å². The third-order valence-corrected chi connectivity index (χ3v) is 6.52. The number of pyridine rings is 1. The lowest BCUT2D eigenvalue weighted by Gasteiger charge is -2.20. The molecule has 0 aliphatic carbocycles. The molecule has 30 heavy (non-hydrogen) atoms. The molecule has 0 unspecified atom stereocenters. The van der Waals surface area contributed by atoms with E-state index in [4.69, 9.17) is 11.6 Å². The quantitative estimate of drug-likeness (QED) is 0.476. The molecule has 6 heteroatoms. The molecule has 2 aromatic carbocycles. The van der Waals surface area contributed by atoms with E-state index in [0.717, 1.165) is 34.5 Å². The lowest BCUT2D eigenvalue weighted by atomic mass is 10.0. The number of carbonyl (C=O) groups excluding carboxylic acids is 1. The summed E-state index contributed by atoms with van der Waals surface area (Å²) in [6, 6.07) is 13.5. The molecule has 1 amide bonds. The fraction of sp³-hybridized carbons (Fsp3) is 0.250. The monoisotopic (exact) mass is 486 g/mol. The average molecular weight is 488 g/mol. The Bertz CT molecular complexity index is 1180. The van der Waals surface area contributed by atoms with Crippen LogP contribution in [0, 0.1) is 20.8 Å². The molecule has 4 nitrogen and oxygen atoms in total. The van der Waals surface area contributed by atoms with E-state index in [1.165, 1.54) is 0 Å². The zero-order valence-electron chi connectivity index (χ0n) is 17.5. The molecular formula is C24H24BrClN2O2. The number of nitrogens with zero attached hydrogens (tertiary/aromatic N) is 1. The average Bonchev–Trinajstić information content (AvgIpc) is 2.71. The van der Waals surface area contributed by atoms with E-state index in [-0.39, 0.29) is 11.0 Å². The molecule has 0 aliphatic heterocycles. The largest absolute Gasteiger partial charge is 0.343 e. The summed E-state index contributed by atoms with van der Waals surface area (Å²) in [5, 5.41) is 3.63. The summed E-state index contributed by atoms with van der Waals surface area (Å²) in [5.41, 5.74) is 4.96. The number of para-hydroxylation sites is 1. The molecule has 0 bridgehead atoms. The Labute approximate surface area is 190 Å². The second-order valence-corrected chi connectivity index (χ2v) is 8.55. The van der Waals surface area contributed by atoms with Gasteiger partial charge in [0, 0.05) is 28.6 Å². The van der Waals surface area contributed by atoms with Crippen LogP contribution in [0.15, 0.2) is 51.7 Å². The summed E-state index contributed by atoms with van der Waals surface area (Å²) < 4.78 is 2.35. The number of benzene rings is 2. The maximum Gasteiger partial charge on any atom is 0.261 e. The van der Waals surface area contributed by atoms with Gasteiger partial charge in [-0.2, -0.15) is 0 Å². The second kappa shape index (κ2) is 9.19. The number of aromatic nitrogens is 1. The Morgan fingerprint density at radius 1 is 1.10 bits per heavy atom. The van der Waals surface area contributed by atoms with Crippen LogP contribution in [0.5, 0.6) is 0 Å². The number of halogens is 2. The highest BCUT2D eigenvalue weighted by molar-refractivity contribution is 9.10. The molecule has 156 valence electrons. The standard InChI is InChI=1S/C24H24BrClN2O2/c1-5-18-10-6-8-14(2)22(18)27-24(30)20-15(3)28(16(4)21(25)23(20)29)13-17-9-7-11-19(26)12-17/h6-12H,5,13H2,1-4H3,(H,27,30). The van der Waals surface area contributed by atoms with Gasteiger partial charge in [-0.3, -0.25) is 9.59 Å². The van der Waals surface area contributed by atoms with Gasteiger partial charge >= 0.3 is 0 Å². The number of amides is 1. The molecule has 0 radical (unpaired) electrons. The SMILES string of the molecule is CCc1cccc(C)c1NC(=O)c1c(C)n(Cc2cccc(Cl)c2)c(C)c(Br)c1=O. The highest BCUT2D eigenvalue weighted by Gasteiger charge is 2.22. The Kier molecular flexibility index (Phi) is 6.84. The molecule has 1 N–H and O–H groups in total. The van der Waals surface area contributed by atoms with Crippen LogP contribution in [-0.4, -0.2) is 10.5 Å². The van der Waals surface area contributed by atoms with Crippen molar-refractivity contribution in [2.24, 2.45) is 0 Å². The van der Waals surface area contributed by atoms with E-state index in [9.17, 15) is 9.59 Å². The van der Waals surface area contributed by atoms with Crippen molar-refractivity contribution in [2.45, 2.75) is 40.7 Å². The van der Waals surface area contributed by atoms with Crippen LogP contribution >= 0.6 is 27.5 Å². The van der Waals surface area contributed by atoms with Crippen molar-refractivity contribution in [3.8, 4) is 0 Å². The van der Waals surface area contributed by atoms with Gasteiger partial charge in [0.1, 0.15) is 5.56 Å². The van der Waals surface area contributed by atoms with Crippen LogP contribution in [-0.2, 0) is 13.0 Å². The molecule has 1 heterocycles. The Morgan fingerprint density at radius 3 is 2.47 bits per heavy atom. The van der Waals surface area contributed by atoms with Gasteiger partial charge in [0.25, 0.3) is 5.91 Å². The van der Waals surface area contributed by atoms with Crippen LogP contribution in [0.1, 0.15) is 45.4 Å². The van der Waals surface area contributed by atoms with E-state index >= 15 is 0 Å². The normalized spacial score (nSPS) is 10.9. The molecule has 1 aromatic heterocycles. The Morgan fingerprint density at radius 2 is 1.80 bits per heavy atom. The third kappa shape index (κ3) is 4.37. The van der Waals surface area contributed by atoms with E-state index < -0.39 is 5.91 Å². The minimum atomic E-state index is -0.401. The predicted molar refractivity (Wildman–Crippen MR) is 127 cm³/mol. The third-order valence-electron chi connectivity index (χ3n) is 5.35. The fourth-order valence-corrected chi connectivity index (χ4v) is 4.27. The van der Waals surface area contributed by atoms with Gasteiger partial charge in [-0.1, -0.05) is 48.9 Å². The van der Waals surface area contributed by atoms with Crippen LogP contribution in [0.3, 0.4) is 0 Å². The van der Waals surface area contributed by atoms with E-state index in [2.05, 4.69) is 21.2 Å². The van der Waals surface area contributed by atoms with Gasteiger partial charge in [0.05, 0.1) is 4.47 Å². The van der Waals surface area contributed by atoms with Crippen molar-refractivity contribution in [1.82, 2.24) is 4.57 Å². The fourth-order valence-electron chi connectivity index (χ4n) is 3.64. The van der Waals surface area contributed by atoms with E-state index in [1.807, 2.05) is 67.8 Å². The van der Waals surface area contributed by atoms with Crippen molar-refractivity contribution >= 4 is 39.1 Å². The molecular weight excluding hydrogens is 464 g/mol. The number of carbonyl (C=O) groups is 1. The molecule has 3 rings (SSSR count). The zero-order chi connectivity index (χ0) is 22.0. The van der Waals surface area contributed by atoms with Gasteiger partial charge in [-0.05, 0) is 71.9 Å². The summed E-state index contributed by atoms with van der Waals surface area (Å²) in [5.74, 6) is -0.401. The van der Waals surface area contributed by atoms with Gasteiger partial charge in [-0.25, -0.2) is 0 Å². The predicted octanol–water partition coefficient (Wildman–Crippen LogP) is 6.05. The summed E-state index contributed by atoms with van der Waals surface area (Å²) in [6.45, 7) is 8.16. The van der Waals surface area contributed by atoms with Crippen molar-refractivity contribution in [2.75, 3.05) is 5.32 Å². The van der Waals surface area contributed by atoms with Crippen LogP contribution < -0.4 is 10.7 Å². The van der Waals surface area contributed by atoms with Gasteiger partial charge in [0.15, 0.2) is 0 Å². The Balaban J connectivity index is 2.08. The number of rotatable bonds is 5. The zero-order valence-corrected chi connectivity index (χ0v) is 19.8. The first-order chi connectivity index (χ1) is 14.2. The summed E-state index contributed by atoms with van der Waals surface area (Å²) in [6.07, 6.45) is 0.785. The van der Waals surface area contributed by atoms with Crippen molar-refractivity contribution in [1.29, 1.82) is 0 Å². The minimum absolute atomic E-state index is 0.139. The second-order valence-electron chi connectivity index (χ2n) is 7.32. The van der Waals surface area contributed by atoms with Crippen LogP contribution in [0.25, 0.3) is 0 Å². The highest BCUT2D eigenvalue weighted by Crippen LogP contribution is 2.24. The number of hydrogen-bond donors (Lipinski definition) is 1. The van der Waals surface area contributed by atoms with Gasteiger partial charge in [-0.15, -0.1) is 0 Å². The summed E-state index contributed by atoms with van der Waals surface area (Å²) >= 11 is 9.53.